The fraction of sp³-hybridized carbons (Fsp3) is 0.308. The summed E-state index contributed by atoms with van der Waals surface area (Å²) in [4.78, 5) is 0. The lowest BCUT2D eigenvalue weighted by atomic mass is 9.82. The lowest BCUT2D eigenvalue weighted by Crippen LogP contribution is -2.32. The Hall–Kier alpha value is -1.59. The second kappa shape index (κ2) is 4.96. The van der Waals surface area contributed by atoms with Crippen LogP contribution in [0.5, 0.6) is 0 Å². The monoisotopic (exact) mass is 242 g/mol. The van der Waals surface area contributed by atoms with E-state index >= 15 is 0 Å². The molecule has 0 spiro atoms. The molecule has 3 rings (SSSR count). The van der Waals surface area contributed by atoms with Gasteiger partial charge in [0.1, 0.15) is 0 Å². The summed E-state index contributed by atoms with van der Waals surface area (Å²) in [5, 5.41) is 14.2. The van der Waals surface area contributed by atoms with Crippen LogP contribution in [0.1, 0.15) is 24.4 Å². The topological polar surface area (TPSA) is 47.3 Å². The third-order valence-electron chi connectivity index (χ3n) is 3.08. The van der Waals surface area contributed by atoms with Crippen molar-refractivity contribution in [1.82, 2.24) is 9.78 Å². The first-order valence-corrected chi connectivity index (χ1v) is 6.20. The van der Waals surface area contributed by atoms with Gasteiger partial charge >= 0.3 is 7.12 Å². The van der Waals surface area contributed by atoms with Gasteiger partial charge in [0.05, 0.1) is 12.6 Å². The van der Waals surface area contributed by atoms with Gasteiger partial charge in [0.25, 0.3) is 0 Å². The average Bonchev–Trinajstić information content (AvgIpc) is 3.15. The molecular weight excluding hydrogens is 227 g/mol. The summed E-state index contributed by atoms with van der Waals surface area (Å²) in [5.74, 6) is 0. The molecule has 0 amide bonds. The number of rotatable bonds is 5. The van der Waals surface area contributed by atoms with Crippen molar-refractivity contribution in [3.05, 3.63) is 48.3 Å². The maximum Gasteiger partial charge on any atom is 0.494 e. The number of benzene rings is 1. The highest BCUT2D eigenvalue weighted by Crippen LogP contribution is 2.33. The Balaban J connectivity index is 1.58. The lowest BCUT2D eigenvalue weighted by molar-refractivity contribution is 0.259. The van der Waals surface area contributed by atoms with E-state index in [9.17, 15) is 5.02 Å². The van der Waals surface area contributed by atoms with Gasteiger partial charge in [-0.05, 0) is 18.4 Å². The van der Waals surface area contributed by atoms with E-state index in [2.05, 4.69) is 5.10 Å². The summed E-state index contributed by atoms with van der Waals surface area (Å²) in [6, 6.07) is 10.3. The van der Waals surface area contributed by atoms with E-state index in [4.69, 9.17) is 4.65 Å². The van der Waals surface area contributed by atoms with Crippen molar-refractivity contribution in [3.63, 3.8) is 0 Å². The van der Waals surface area contributed by atoms with Crippen LogP contribution in [-0.2, 0) is 11.3 Å². The fourth-order valence-corrected chi connectivity index (χ4v) is 1.86. The number of nitrogens with zero attached hydrogens (tertiary/aromatic N) is 2. The van der Waals surface area contributed by atoms with Crippen LogP contribution >= 0.6 is 0 Å². The minimum atomic E-state index is -0.905. The smallest absolute Gasteiger partial charge is 0.423 e. The predicted molar refractivity (Wildman–Crippen MR) is 69.3 cm³/mol. The highest BCUT2D eigenvalue weighted by atomic mass is 16.5. The summed E-state index contributed by atoms with van der Waals surface area (Å²) >= 11 is 0. The van der Waals surface area contributed by atoms with Crippen molar-refractivity contribution in [3.8, 4) is 0 Å². The van der Waals surface area contributed by atoms with Gasteiger partial charge in [0, 0.05) is 17.9 Å². The van der Waals surface area contributed by atoms with Crippen molar-refractivity contribution in [2.45, 2.75) is 25.5 Å². The van der Waals surface area contributed by atoms with Crippen LogP contribution in [0, 0.1) is 0 Å². The first-order valence-electron chi connectivity index (χ1n) is 6.20. The molecule has 1 saturated carbocycles. The number of hydrogen-bond donors (Lipinski definition) is 1. The number of aromatic nitrogens is 2. The van der Waals surface area contributed by atoms with Gasteiger partial charge in [-0.25, -0.2) is 0 Å². The van der Waals surface area contributed by atoms with Gasteiger partial charge in [-0.1, -0.05) is 30.3 Å². The lowest BCUT2D eigenvalue weighted by Gasteiger charge is -2.06. The quantitative estimate of drug-likeness (QED) is 0.799. The Bertz CT molecular complexity index is 511. The molecule has 2 aromatic rings. The highest BCUT2D eigenvalue weighted by molar-refractivity contribution is 6.59. The van der Waals surface area contributed by atoms with E-state index < -0.39 is 7.12 Å². The molecule has 1 aliphatic rings. The van der Waals surface area contributed by atoms with Crippen molar-refractivity contribution in [2.24, 2.45) is 0 Å². The fourth-order valence-electron chi connectivity index (χ4n) is 1.86. The summed E-state index contributed by atoms with van der Waals surface area (Å²) in [5.41, 5.74) is 1.77. The van der Waals surface area contributed by atoms with Crippen LogP contribution in [0.25, 0.3) is 0 Å². The molecule has 0 saturated heterocycles. The van der Waals surface area contributed by atoms with Crippen LogP contribution in [0.4, 0.5) is 0 Å². The van der Waals surface area contributed by atoms with Crippen LogP contribution in [0.3, 0.4) is 0 Å². The molecule has 1 aromatic heterocycles. The van der Waals surface area contributed by atoms with E-state index in [1.54, 1.807) is 6.20 Å². The third-order valence-corrected chi connectivity index (χ3v) is 3.08. The van der Waals surface area contributed by atoms with E-state index in [0.29, 0.717) is 12.6 Å². The Kier molecular flexibility index (Phi) is 3.17. The average molecular weight is 242 g/mol. The van der Waals surface area contributed by atoms with Gasteiger partial charge in [0.2, 0.25) is 0 Å². The van der Waals surface area contributed by atoms with E-state index in [1.165, 1.54) is 12.8 Å². The highest BCUT2D eigenvalue weighted by Gasteiger charge is 2.26. The van der Waals surface area contributed by atoms with Crippen molar-refractivity contribution >= 4 is 12.6 Å². The molecule has 5 heteroatoms. The minimum Gasteiger partial charge on any atom is -0.423 e. The maximum absolute atomic E-state index is 9.92. The van der Waals surface area contributed by atoms with Crippen molar-refractivity contribution in [1.29, 1.82) is 0 Å². The maximum atomic E-state index is 9.92. The second-order valence-electron chi connectivity index (χ2n) is 4.63. The Labute approximate surface area is 106 Å². The zero-order chi connectivity index (χ0) is 12.4. The van der Waals surface area contributed by atoms with Gasteiger partial charge in [-0.3, -0.25) is 4.68 Å². The molecule has 0 atom stereocenters. The van der Waals surface area contributed by atoms with Crippen LogP contribution in [0.15, 0.2) is 42.7 Å². The molecule has 18 heavy (non-hydrogen) atoms. The molecule has 1 heterocycles. The molecule has 0 radical (unpaired) electrons. The molecule has 92 valence electrons. The Morgan fingerprint density at radius 1 is 1.33 bits per heavy atom. The molecule has 0 aliphatic heterocycles. The first kappa shape index (κ1) is 11.5. The normalized spacial score (nSPS) is 14.7. The molecule has 0 unspecified atom stereocenters. The largest absolute Gasteiger partial charge is 0.494 e. The van der Waals surface area contributed by atoms with E-state index in [-0.39, 0.29) is 0 Å². The van der Waals surface area contributed by atoms with Crippen LogP contribution in [-0.4, -0.2) is 21.9 Å². The molecule has 1 fully saturated rings. The molecule has 1 N–H and O–H groups in total. The van der Waals surface area contributed by atoms with Crippen molar-refractivity contribution in [2.75, 3.05) is 0 Å². The predicted octanol–water partition coefficient (Wildman–Crippen LogP) is 1.12. The minimum absolute atomic E-state index is 0.399. The van der Waals surface area contributed by atoms with Gasteiger partial charge in [-0.15, -0.1) is 0 Å². The summed E-state index contributed by atoms with van der Waals surface area (Å²) in [6.07, 6.45) is 5.91. The SMILES string of the molecule is OB(OCc1ccccc1)c1cnn(C2CC2)c1. The molecular formula is C13H15BN2O2. The molecule has 4 nitrogen and oxygen atoms in total. The summed E-state index contributed by atoms with van der Waals surface area (Å²) < 4.78 is 7.34. The van der Waals surface area contributed by atoms with E-state index in [0.717, 1.165) is 11.0 Å². The Morgan fingerprint density at radius 2 is 2.11 bits per heavy atom. The molecule has 0 bridgehead atoms. The van der Waals surface area contributed by atoms with Crippen molar-refractivity contribution < 1.29 is 9.68 Å². The molecule has 1 aromatic carbocycles. The molecule has 1 aliphatic carbocycles. The zero-order valence-corrected chi connectivity index (χ0v) is 10.1. The number of hydrogen-bond acceptors (Lipinski definition) is 3. The Morgan fingerprint density at radius 3 is 2.83 bits per heavy atom. The summed E-state index contributed by atoms with van der Waals surface area (Å²) in [6.45, 7) is 0.399. The standard InChI is InChI=1S/C13H15BN2O2/c17-14(18-10-11-4-2-1-3-5-11)12-8-15-16(9-12)13-6-7-13/h1-5,8-9,13,17H,6-7,10H2. The third kappa shape index (κ3) is 2.63. The van der Waals surface area contributed by atoms with Gasteiger partial charge < -0.3 is 9.68 Å². The van der Waals surface area contributed by atoms with Crippen LogP contribution in [0.2, 0.25) is 0 Å². The van der Waals surface area contributed by atoms with Crippen LogP contribution < -0.4 is 5.46 Å². The van der Waals surface area contributed by atoms with Gasteiger partial charge in [0.15, 0.2) is 0 Å². The zero-order valence-electron chi connectivity index (χ0n) is 10.1. The van der Waals surface area contributed by atoms with Gasteiger partial charge in [-0.2, -0.15) is 5.10 Å². The summed E-state index contributed by atoms with van der Waals surface area (Å²) in [7, 11) is -0.905. The first-order chi connectivity index (χ1) is 8.83. The van der Waals surface area contributed by atoms with E-state index in [1.807, 2.05) is 41.2 Å². The second-order valence-corrected chi connectivity index (χ2v) is 4.63.